The zero-order chi connectivity index (χ0) is 18.2. The van der Waals surface area contributed by atoms with E-state index in [0.717, 1.165) is 22.2 Å². The second kappa shape index (κ2) is 8.75. The van der Waals surface area contributed by atoms with Crippen molar-refractivity contribution in [2.24, 2.45) is 0 Å². The van der Waals surface area contributed by atoms with E-state index in [0.29, 0.717) is 23.6 Å². The molecule has 3 rings (SSSR count). The van der Waals surface area contributed by atoms with Crippen molar-refractivity contribution >= 4 is 23.4 Å². The third-order valence-corrected chi connectivity index (χ3v) is 4.24. The fourth-order valence-electron chi connectivity index (χ4n) is 2.31. The Bertz CT molecular complexity index is 901. The number of ether oxygens (including phenoxy) is 1. The lowest BCUT2D eigenvalue weighted by Gasteiger charge is -2.08. The number of carbonyl (C=O) groups excluding carboxylic acids is 1. The van der Waals surface area contributed by atoms with Crippen LogP contribution in [-0.4, -0.2) is 5.91 Å². The summed E-state index contributed by atoms with van der Waals surface area (Å²) in [5.41, 5.74) is 2.32. The molecule has 0 aliphatic carbocycles. The quantitative estimate of drug-likeness (QED) is 0.491. The van der Waals surface area contributed by atoms with Gasteiger partial charge in [-0.15, -0.1) is 0 Å². The first-order valence-corrected chi connectivity index (χ1v) is 8.80. The summed E-state index contributed by atoms with van der Waals surface area (Å²) in [6, 6.07) is 24.1. The van der Waals surface area contributed by atoms with Gasteiger partial charge in [0.2, 0.25) is 0 Å². The van der Waals surface area contributed by atoms with E-state index in [9.17, 15) is 4.79 Å². The van der Waals surface area contributed by atoms with Crippen LogP contribution in [0.4, 0.5) is 5.69 Å². The largest absolute Gasteiger partial charge is 0.489 e. The van der Waals surface area contributed by atoms with E-state index >= 15 is 0 Å². The first kappa shape index (κ1) is 17.6. The van der Waals surface area contributed by atoms with Crippen LogP contribution < -0.4 is 10.1 Å². The van der Waals surface area contributed by atoms with Gasteiger partial charge in [0.15, 0.2) is 0 Å². The van der Waals surface area contributed by atoms with Gasteiger partial charge >= 0.3 is 0 Å². The maximum Gasteiger partial charge on any atom is 0.255 e. The summed E-state index contributed by atoms with van der Waals surface area (Å²) < 4.78 is 5.72. The smallest absolute Gasteiger partial charge is 0.255 e. The van der Waals surface area contributed by atoms with E-state index in [1.165, 1.54) is 0 Å². The molecular weight excluding hydrogens is 344 g/mol. The van der Waals surface area contributed by atoms with Gasteiger partial charge in [-0.05, 0) is 65.9 Å². The Kier molecular flexibility index (Phi) is 5.92. The summed E-state index contributed by atoms with van der Waals surface area (Å²) >= 11 is 1.08. The lowest BCUT2D eigenvalue weighted by atomic mass is 10.2. The number of amides is 1. The van der Waals surface area contributed by atoms with E-state index in [1.54, 1.807) is 48.5 Å². The molecule has 0 bridgehead atoms. The molecule has 0 saturated heterocycles. The zero-order valence-electron chi connectivity index (χ0n) is 13.9. The molecule has 0 aliphatic heterocycles. The molecule has 0 unspecified atom stereocenters. The SMILES string of the molecule is N#CSc1ccc(NC(=O)c2ccc(OCc3ccccc3)cc2)cc1. The van der Waals surface area contributed by atoms with Gasteiger partial charge in [-0.2, -0.15) is 5.26 Å². The molecule has 3 aromatic carbocycles. The topological polar surface area (TPSA) is 62.1 Å². The van der Waals surface area contributed by atoms with Gasteiger partial charge in [0.25, 0.3) is 5.91 Å². The van der Waals surface area contributed by atoms with Crippen LogP contribution in [0.2, 0.25) is 0 Å². The fourth-order valence-corrected chi connectivity index (χ4v) is 2.68. The van der Waals surface area contributed by atoms with E-state index in [1.807, 2.05) is 35.7 Å². The average molecular weight is 360 g/mol. The minimum absolute atomic E-state index is 0.194. The van der Waals surface area contributed by atoms with Gasteiger partial charge in [0.1, 0.15) is 17.8 Å². The normalized spacial score (nSPS) is 9.96. The Morgan fingerprint density at radius 2 is 1.65 bits per heavy atom. The maximum atomic E-state index is 12.3. The predicted molar refractivity (Wildman–Crippen MR) is 103 cm³/mol. The highest BCUT2D eigenvalue weighted by atomic mass is 32.2. The molecule has 0 atom stereocenters. The van der Waals surface area contributed by atoms with Crippen molar-refractivity contribution in [2.75, 3.05) is 5.32 Å². The number of nitriles is 1. The van der Waals surface area contributed by atoms with Crippen molar-refractivity contribution < 1.29 is 9.53 Å². The van der Waals surface area contributed by atoms with Gasteiger partial charge in [0.05, 0.1) is 0 Å². The third-order valence-electron chi connectivity index (χ3n) is 3.64. The number of anilines is 1. The van der Waals surface area contributed by atoms with E-state index < -0.39 is 0 Å². The van der Waals surface area contributed by atoms with Crippen molar-refractivity contribution in [1.82, 2.24) is 0 Å². The minimum atomic E-state index is -0.194. The van der Waals surface area contributed by atoms with Gasteiger partial charge in [-0.3, -0.25) is 4.79 Å². The highest BCUT2D eigenvalue weighted by Crippen LogP contribution is 2.20. The molecule has 1 N–H and O–H groups in total. The summed E-state index contributed by atoms with van der Waals surface area (Å²) in [5.74, 6) is 0.517. The van der Waals surface area contributed by atoms with Crippen LogP contribution in [0.5, 0.6) is 5.75 Å². The van der Waals surface area contributed by atoms with Crippen molar-refractivity contribution in [2.45, 2.75) is 11.5 Å². The Labute approximate surface area is 156 Å². The van der Waals surface area contributed by atoms with Crippen LogP contribution >= 0.6 is 11.8 Å². The number of hydrogen-bond donors (Lipinski definition) is 1. The molecular formula is C21H16N2O2S. The van der Waals surface area contributed by atoms with E-state index in [-0.39, 0.29) is 5.91 Å². The Balaban J connectivity index is 1.57. The van der Waals surface area contributed by atoms with Crippen LogP contribution in [0.1, 0.15) is 15.9 Å². The standard InChI is InChI=1S/C21H16N2O2S/c22-15-26-20-12-8-18(9-13-20)23-21(24)17-6-10-19(11-7-17)25-14-16-4-2-1-3-5-16/h1-13H,14H2,(H,23,24). The molecule has 0 aromatic heterocycles. The molecule has 1 amide bonds. The molecule has 0 spiro atoms. The summed E-state index contributed by atoms with van der Waals surface area (Å²) in [5, 5.41) is 13.5. The maximum absolute atomic E-state index is 12.3. The van der Waals surface area contributed by atoms with Crippen LogP contribution in [0.15, 0.2) is 83.8 Å². The first-order chi connectivity index (χ1) is 12.7. The number of nitrogens with zero attached hydrogens (tertiary/aromatic N) is 1. The lowest BCUT2D eigenvalue weighted by Crippen LogP contribution is -2.11. The monoisotopic (exact) mass is 360 g/mol. The van der Waals surface area contributed by atoms with E-state index in [4.69, 9.17) is 10.00 Å². The van der Waals surface area contributed by atoms with Gasteiger partial charge in [-0.25, -0.2) is 0 Å². The van der Waals surface area contributed by atoms with Crippen LogP contribution in [0.3, 0.4) is 0 Å². The van der Waals surface area contributed by atoms with Gasteiger partial charge in [0, 0.05) is 16.1 Å². The van der Waals surface area contributed by atoms with E-state index in [2.05, 4.69) is 5.32 Å². The molecule has 0 heterocycles. The molecule has 5 heteroatoms. The van der Waals surface area contributed by atoms with Gasteiger partial charge in [-0.1, -0.05) is 30.3 Å². The number of carbonyl (C=O) groups is 1. The first-order valence-electron chi connectivity index (χ1n) is 7.99. The number of rotatable bonds is 6. The molecule has 0 fully saturated rings. The summed E-state index contributed by atoms with van der Waals surface area (Å²) in [4.78, 5) is 13.1. The lowest BCUT2D eigenvalue weighted by molar-refractivity contribution is 0.102. The fraction of sp³-hybridized carbons (Fsp3) is 0.0476. The van der Waals surface area contributed by atoms with Crippen molar-refractivity contribution in [3.05, 3.63) is 90.0 Å². The van der Waals surface area contributed by atoms with Crippen LogP contribution in [0.25, 0.3) is 0 Å². The Hall–Kier alpha value is -3.23. The van der Waals surface area contributed by atoms with Crippen molar-refractivity contribution in [1.29, 1.82) is 5.26 Å². The number of hydrogen-bond acceptors (Lipinski definition) is 4. The summed E-state index contributed by atoms with van der Waals surface area (Å²) in [6.07, 6.45) is 0. The molecule has 4 nitrogen and oxygen atoms in total. The number of thiocyanates is 1. The molecule has 0 radical (unpaired) electrons. The molecule has 128 valence electrons. The predicted octanol–water partition coefficient (Wildman–Crippen LogP) is 5.09. The number of thioether (sulfide) groups is 1. The highest BCUT2D eigenvalue weighted by molar-refractivity contribution is 8.03. The van der Waals surface area contributed by atoms with Crippen LogP contribution in [-0.2, 0) is 6.61 Å². The van der Waals surface area contributed by atoms with Crippen molar-refractivity contribution in [3.8, 4) is 11.2 Å². The molecule has 26 heavy (non-hydrogen) atoms. The third kappa shape index (κ3) is 4.88. The average Bonchev–Trinajstić information content (AvgIpc) is 2.69. The molecule has 0 saturated carbocycles. The Morgan fingerprint density at radius 3 is 2.31 bits per heavy atom. The van der Waals surface area contributed by atoms with Crippen molar-refractivity contribution in [3.63, 3.8) is 0 Å². The zero-order valence-corrected chi connectivity index (χ0v) is 14.7. The minimum Gasteiger partial charge on any atom is -0.489 e. The summed E-state index contributed by atoms with van der Waals surface area (Å²) in [6.45, 7) is 0.486. The number of benzene rings is 3. The second-order valence-corrected chi connectivity index (χ2v) is 6.33. The van der Waals surface area contributed by atoms with Gasteiger partial charge < -0.3 is 10.1 Å². The summed E-state index contributed by atoms with van der Waals surface area (Å²) in [7, 11) is 0. The van der Waals surface area contributed by atoms with Crippen LogP contribution in [0, 0.1) is 10.7 Å². The molecule has 0 aliphatic rings. The second-order valence-electron chi connectivity index (χ2n) is 5.47. The number of nitrogens with one attached hydrogen (secondary N) is 1. The Morgan fingerprint density at radius 1 is 0.962 bits per heavy atom. The molecule has 3 aromatic rings. The highest BCUT2D eigenvalue weighted by Gasteiger charge is 2.07.